The Balaban J connectivity index is 1.46. The molecule has 34 heavy (non-hydrogen) atoms. The molecule has 1 atom stereocenters. The highest BCUT2D eigenvalue weighted by atomic mass is 79.9. The van der Waals surface area contributed by atoms with Crippen molar-refractivity contribution in [2.75, 3.05) is 13.1 Å². The van der Waals surface area contributed by atoms with Gasteiger partial charge in [0.1, 0.15) is 0 Å². The van der Waals surface area contributed by atoms with Crippen LogP contribution < -0.4 is 4.73 Å². The Morgan fingerprint density at radius 3 is 2.53 bits per heavy atom. The first-order chi connectivity index (χ1) is 16.4. The maximum absolute atomic E-state index is 12.9. The Labute approximate surface area is 223 Å². The van der Waals surface area contributed by atoms with E-state index >= 15 is 0 Å². The topological polar surface area (TPSA) is 60.1 Å². The molecule has 1 amide bonds. The third-order valence-corrected chi connectivity index (χ3v) is 8.12. The molecule has 5 nitrogen and oxygen atoms in total. The zero-order valence-electron chi connectivity index (χ0n) is 18.3. The van der Waals surface area contributed by atoms with E-state index in [0.29, 0.717) is 19.5 Å². The minimum absolute atomic E-state index is 0.0574. The molecule has 2 aliphatic rings. The van der Waals surface area contributed by atoms with Crippen LogP contribution in [0.2, 0.25) is 0 Å². The van der Waals surface area contributed by atoms with E-state index < -0.39 is 0 Å². The molecule has 3 aromatic rings. The van der Waals surface area contributed by atoms with Crippen molar-refractivity contribution in [2.24, 2.45) is 0 Å². The number of pyridine rings is 2. The van der Waals surface area contributed by atoms with Crippen LogP contribution in [0.25, 0.3) is 0 Å². The zero-order chi connectivity index (χ0) is 23.8. The lowest BCUT2D eigenvalue weighted by molar-refractivity contribution is -0.605. The first kappa shape index (κ1) is 23.7. The second-order valence-electron chi connectivity index (χ2n) is 8.70. The van der Waals surface area contributed by atoms with E-state index in [1.165, 1.54) is 34.7 Å². The lowest BCUT2D eigenvalue weighted by Crippen LogP contribution is -2.37. The van der Waals surface area contributed by atoms with Gasteiger partial charge in [-0.15, -0.1) is 0 Å². The minimum Gasteiger partial charge on any atom is -0.619 e. The summed E-state index contributed by atoms with van der Waals surface area (Å²) in [6.07, 6.45) is 9.94. The van der Waals surface area contributed by atoms with Gasteiger partial charge in [0.05, 0.1) is 12.1 Å². The second kappa shape index (κ2) is 9.91. The summed E-state index contributed by atoms with van der Waals surface area (Å²) >= 11 is 11.1. The predicted octanol–water partition coefficient (Wildman–Crippen LogP) is 5.63. The van der Waals surface area contributed by atoms with Gasteiger partial charge in [-0.25, -0.2) is 0 Å². The number of hydrogen-bond donors (Lipinski definition) is 0. The number of hydrogen-bond acceptors (Lipinski definition) is 3. The maximum Gasteiger partial charge on any atom is 0.227 e. The lowest BCUT2D eigenvalue weighted by Gasteiger charge is -2.31. The quantitative estimate of drug-likeness (QED) is 0.210. The summed E-state index contributed by atoms with van der Waals surface area (Å²) in [6.45, 7) is 1.25. The Hall–Kier alpha value is -2.03. The molecule has 0 saturated heterocycles. The largest absolute Gasteiger partial charge is 0.619 e. The van der Waals surface area contributed by atoms with E-state index in [4.69, 9.17) is 4.98 Å². The zero-order valence-corrected chi connectivity index (χ0v) is 23.1. The van der Waals surface area contributed by atoms with Gasteiger partial charge in [0.15, 0.2) is 12.4 Å². The Bertz CT molecular complexity index is 1290. The molecule has 5 rings (SSSR count). The van der Waals surface area contributed by atoms with E-state index in [2.05, 4.69) is 72.1 Å². The lowest BCUT2D eigenvalue weighted by atomic mass is 9.82. The van der Waals surface area contributed by atoms with Gasteiger partial charge >= 0.3 is 0 Å². The van der Waals surface area contributed by atoms with Crippen molar-refractivity contribution in [3.8, 4) is 0 Å². The molecule has 0 N–H and O–H groups in total. The first-order valence-electron chi connectivity index (χ1n) is 11.2. The van der Waals surface area contributed by atoms with E-state index in [1.807, 2.05) is 11.1 Å². The summed E-state index contributed by atoms with van der Waals surface area (Å²) in [7, 11) is 0. The SMILES string of the molecule is O=C(Cc1cc[n+]([O-])cc1)N1CC=C(C2c3ncc(Br)cc3CCc3cc(Br)cc(Br)c32)CC1. The van der Waals surface area contributed by atoms with Crippen LogP contribution >= 0.6 is 47.8 Å². The smallest absolute Gasteiger partial charge is 0.227 e. The summed E-state index contributed by atoms with van der Waals surface area (Å²) in [4.78, 5) is 19.7. The van der Waals surface area contributed by atoms with Crippen LogP contribution in [0.5, 0.6) is 0 Å². The standard InChI is InChI=1S/C26H22Br3N3O2/c27-20-12-18-1-2-19-13-21(28)15-30-26(19)25(24(18)22(29)14-20)17-5-7-31(8-6-17)23(33)11-16-3-9-32(34)10-4-16/h3-5,9-10,12-15,25H,1-2,6-8,11H2. The number of carbonyl (C=O) groups excluding carboxylic acids is 1. The van der Waals surface area contributed by atoms with Crippen molar-refractivity contribution in [1.29, 1.82) is 0 Å². The average molecular weight is 648 g/mol. The minimum atomic E-state index is 0.0574. The summed E-state index contributed by atoms with van der Waals surface area (Å²) in [5.41, 5.74) is 7.11. The summed E-state index contributed by atoms with van der Waals surface area (Å²) in [6, 6.07) is 9.93. The van der Waals surface area contributed by atoms with Gasteiger partial charge in [-0.05, 0) is 75.6 Å². The van der Waals surface area contributed by atoms with Gasteiger partial charge in [-0.1, -0.05) is 43.5 Å². The fourth-order valence-electron chi connectivity index (χ4n) is 4.91. The third-order valence-electron chi connectivity index (χ3n) is 6.57. The molecule has 0 fully saturated rings. The fraction of sp³-hybridized carbons (Fsp3) is 0.269. The number of rotatable bonds is 3. The van der Waals surface area contributed by atoms with Crippen LogP contribution in [0.15, 0.2) is 74.0 Å². The molecular formula is C26H22Br3N3O2. The third kappa shape index (κ3) is 4.86. The average Bonchev–Trinajstić information content (AvgIpc) is 2.97. The molecule has 1 aromatic carbocycles. The highest BCUT2D eigenvalue weighted by Crippen LogP contribution is 2.44. The maximum atomic E-state index is 12.9. The Morgan fingerprint density at radius 1 is 1.06 bits per heavy atom. The van der Waals surface area contributed by atoms with Gasteiger partial charge in [-0.2, -0.15) is 4.73 Å². The van der Waals surface area contributed by atoms with Crippen LogP contribution in [-0.4, -0.2) is 28.9 Å². The molecule has 174 valence electrons. The van der Waals surface area contributed by atoms with Crippen LogP contribution in [-0.2, 0) is 24.1 Å². The summed E-state index contributed by atoms with van der Waals surface area (Å²) in [5, 5.41) is 11.3. The van der Waals surface area contributed by atoms with Gasteiger partial charge in [0, 0.05) is 50.8 Å². The van der Waals surface area contributed by atoms with Gasteiger partial charge in [0.25, 0.3) is 0 Å². The highest BCUT2D eigenvalue weighted by molar-refractivity contribution is 9.11. The van der Waals surface area contributed by atoms with E-state index in [1.54, 1.807) is 12.1 Å². The number of carbonyl (C=O) groups is 1. The van der Waals surface area contributed by atoms with Crippen LogP contribution in [0.4, 0.5) is 0 Å². The Morgan fingerprint density at radius 2 is 1.79 bits per heavy atom. The van der Waals surface area contributed by atoms with Crippen molar-refractivity contribution >= 4 is 53.7 Å². The molecule has 0 bridgehead atoms. The number of benzene rings is 1. The molecular weight excluding hydrogens is 626 g/mol. The number of halogens is 3. The normalized spacial score (nSPS) is 17.4. The van der Waals surface area contributed by atoms with Crippen LogP contribution in [0.1, 0.15) is 40.3 Å². The van der Waals surface area contributed by atoms with Crippen molar-refractivity contribution in [3.05, 3.63) is 107 Å². The number of aromatic nitrogens is 2. The van der Waals surface area contributed by atoms with Crippen LogP contribution in [0.3, 0.4) is 0 Å². The summed E-state index contributed by atoms with van der Waals surface area (Å²) in [5.74, 6) is 0.134. The number of fused-ring (bicyclic) bond motifs is 2. The number of aryl methyl sites for hydroxylation is 2. The number of nitrogens with zero attached hydrogens (tertiary/aromatic N) is 3. The second-order valence-corrected chi connectivity index (χ2v) is 11.4. The van der Waals surface area contributed by atoms with Crippen molar-refractivity contribution in [1.82, 2.24) is 9.88 Å². The fourth-order valence-corrected chi connectivity index (χ4v) is 6.83. The Kier molecular flexibility index (Phi) is 6.91. The molecule has 1 aliphatic carbocycles. The summed E-state index contributed by atoms with van der Waals surface area (Å²) < 4.78 is 3.87. The van der Waals surface area contributed by atoms with Crippen molar-refractivity contribution in [3.63, 3.8) is 0 Å². The molecule has 8 heteroatoms. The van der Waals surface area contributed by atoms with Gasteiger partial charge in [0.2, 0.25) is 5.91 Å². The van der Waals surface area contributed by atoms with Crippen LogP contribution in [0, 0.1) is 5.21 Å². The van der Waals surface area contributed by atoms with Crippen molar-refractivity contribution in [2.45, 2.75) is 31.6 Å². The molecule has 0 saturated carbocycles. The van der Waals surface area contributed by atoms with Gasteiger partial charge < -0.3 is 10.1 Å². The van der Waals surface area contributed by atoms with E-state index in [-0.39, 0.29) is 11.8 Å². The monoisotopic (exact) mass is 645 g/mol. The van der Waals surface area contributed by atoms with E-state index in [9.17, 15) is 10.0 Å². The molecule has 1 unspecified atom stereocenters. The molecule has 1 aliphatic heterocycles. The van der Waals surface area contributed by atoms with E-state index in [0.717, 1.165) is 48.7 Å². The molecule has 0 spiro atoms. The number of amides is 1. The molecule has 0 radical (unpaired) electrons. The van der Waals surface area contributed by atoms with Crippen molar-refractivity contribution < 1.29 is 9.52 Å². The highest BCUT2D eigenvalue weighted by Gasteiger charge is 2.32. The predicted molar refractivity (Wildman–Crippen MR) is 141 cm³/mol. The molecule has 3 heterocycles. The van der Waals surface area contributed by atoms with Gasteiger partial charge in [-0.3, -0.25) is 9.78 Å². The molecule has 2 aromatic heterocycles. The first-order valence-corrected chi connectivity index (χ1v) is 13.5.